The van der Waals surface area contributed by atoms with Crippen molar-refractivity contribution in [1.82, 2.24) is 15.1 Å². The van der Waals surface area contributed by atoms with E-state index in [1.54, 1.807) is 0 Å². The van der Waals surface area contributed by atoms with Crippen molar-refractivity contribution in [2.75, 3.05) is 39.8 Å². The van der Waals surface area contributed by atoms with Crippen LogP contribution in [0.2, 0.25) is 0 Å². The molecule has 0 radical (unpaired) electrons. The van der Waals surface area contributed by atoms with Crippen molar-refractivity contribution in [3.63, 3.8) is 0 Å². The van der Waals surface area contributed by atoms with Gasteiger partial charge in [0, 0.05) is 32.6 Å². The second kappa shape index (κ2) is 9.17. The van der Waals surface area contributed by atoms with Gasteiger partial charge in [0.15, 0.2) is 0 Å². The third-order valence-electron chi connectivity index (χ3n) is 4.98. The summed E-state index contributed by atoms with van der Waals surface area (Å²) in [5, 5.41) is 2.76. The lowest BCUT2D eigenvalue weighted by atomic mass is 9.86. The van der Waals surface area contributed by atoms with Gasteiger partial charge in [0.05, 0.1) is 6.54 Å². The summed E-state index contributed by atoms with van der Waals surface area (Å²) in [4.78, 5) is 28.1. The summed E-state index contributed by atoms with van der Waals surface area (Å²) in [7, 11) is 2.06. The number of piperazine rings is 1. The second-order valence-electron chi connectivity index (χ2n) is 8.26. The van der Waals surface area contributed by atoms with Crippen molar-refractivity contribution in [1.29, 1.82) is 0 Å². The molecule has 1 fully saturated rings. The lowest BCUT2D eigenvalue weighted by molar-refractivity contribution is -0.134. The first kappa shape index (κ1) is 20.4. The summed E-state index contributed by atoms with van der Waals surface area (Å²) in [5.74, 6) is -0.0250. The molecule has 5 heteroatoms. The van der Waals surface area contributed by atoms with Crippen LogP contribution >= 0.6 is 0 Å². The summed E-state index contributed by atoms with van der Waals surface area (Å²) < 4.78 is 0. The average molecular weight is 360 g/mol. The van der Waals surface area contributed by atoms with Crippen molar-refractivity contribution in [2.24, 2.45) is 0 Å². The molecule has 1 heterocycles. The number of amides is 2. The first-order valence-electron chi connectivity index (χ1n) is 9.58. The molecule has 0 spiro atoms. The normalized spacial score (nSPS) is 15.8. The quantitative estimate of drug-likeness (QED) is 0.847. The molecule has 0 saturated carbocycles. The van der Waals surface area contributed by atoms with E-state index in [1.165, 1.54) is 11.1 Å². The summed E-state index contributed by atoms with van der Waals surface area (Å²) in [5.41, 5.74) is 2.73. The lowest BCUT2D eigenvalue weighted by Crippen LogP contribution is -2.50. The van der Waals surface area contributed by atoms with Gasteiger partial charge in [-0.05, 0) is 36.4 Å². The minimum Gasteiger partial charge on any atom is -0.347 e. The van der Waals surface area contributed by atoms with Gasteiger partial charge in [0.2, 0.25) is 11.8 Å². The lowest BCUT2D eigenvalue weighted by Gasteiger charge is -2.32. The Labute approximate surface area is 157 Å². The van der Waals surface area contributed by atoms with E-state index in [1.807, 2.05) is 4.90 Å². The molecule has 1 aromatic rings. The Kier molecular flexibility index (Phi) is 7.21. The van der Waals surface area contributed by atoms with Crippen LogP contribution in [0.25, 0.3) is 0 Å². The van der Waals surface area contributed by atoms with Crippen LogP contribution in [-0.4, -0.2) is 61.4 Å². The van der Waals surface area contributed by atoms with Crippen LogP contribution in [-0.2, 0) is 21.4 Å². The highest BCUT2D eigenvalue weighted by molar-refractivity contribution is 5.84. The number of carbonyl (C=O) groups is 2. The van der Waals surface area contributed by atoms with Gasteiger partial charge in [-0.25, -0.2) is 0 Å². The van der Waals surface area contributed by atoms with Gasteiger partial charge in [-0.3, -0.25) is 9.59 Å². The van der Waals surface area contributed by atoms with Crippen LogP contribution in [0.15, 0.2) is 24.3 Å². The predicted molar refractivity (Wildman–Crippen MR) is 105 cm³/mol. The Morgan fingerprint density at radius 3 is 2.23 bits per heavy atom. The van der Waals surface area contributed by atoms with Crippen LogP contribution in [0.5, 0.6) is 0 Å². The Hall–Kier alpha value is -1.88. The third kappa shape index (κ3) is 6.45. The van der Waals surface area contributed by atoms with Gasteiger partial charge in [0.1, 0.15) is 0 Å². The van der Waals surface area contributed by atoms with E-state index in [9.17, 15) is 9.59 Å². The van der Waals surface area contributed by atoms with Crippen molar-refractivity contribution in [2.45, 2.75) is 45.4 Å². The number of benzene rings is 1. The molecular formula is C21H33N3O2. The molecule has 0 atom stereocenters. The maximum Gasteiger partial charge on any atom is 0.242 e. The SMILES string of the molecule is CN1CCN(C(=O)CNC(=O)CCCc2ccc(C(C)(C)C)cc2)CC1. The highest BCUT2D eigenvalue weighted by Crippen LogP contribution is 2.22. The van der Waals surface area contributed by atoms with E-state index in [0.29, 0.717) is 6.42 Å². The zero-order valence-electron chi connectivity index (χ0n) is 16.7. The number of hydrogen-bond donors (Lipinski definition) is 1. The van der Waals surface area contributed by atoms with Crippen molar-refractivity contribution < 1.29 is 9.59 Å². The molecule has 2 amide bonds. The first-order valence-corrected chi connectivity index (χ1v) is 9.58. The van der Waals surface area contributed by atoms with Crippen molar-refractivity contribution in [3.05, 3.63) is 35.4 Å². The topological polar surface area (TPSA) is 52.6 Å². The molecule has 1 N–H and O–H groups in total. The van der Waals surface area contributed by atoms with Crippen molar-refractivity contribution >= 4 is 11.8 Å². The van der Waals surface area contributed by atoms with Gasteiger partial charge in [-0.1, -0.05) is 45.0 Å². The van der Waals surface area contributed by atoms with Gasteiger partial charge in [0.25, 0.3) is 0 Å². The number of likely N-dealkylation sites (N-methyl/N-ethyl adjacent to an activating group) is 1. The molecule has 1 saturated heterocycles. The predicted octanol–water partition coefficient (Wildman–Crippen LogP) is 2.20. The van der Waals surface area contributed by atoms with Crippen LogP contribution in [0.1, 0.15) is 44.7 Å². The van der Waals surface area contributed by atoms with Gasteiger partial charge in [-0.15, -0.1) is 0 Å². The minimum atomic E-state index is -0.0428. The van der Waals surface area contributed by atoms with E-state index in [4.69, 9.17) is 0 Å². The zero-order chi connectivity index (χ0) is 19.2. The van der Waals surface area contributed by atoms with Crippen LogP contribution < -0.4 is 5.32 Å². The molecule has 0 unspecified atom stereocenters. The number of carbonyl (C=O) groups excluding carboxylic acids is 2. The zero-order valence-corrected chi connectivity index (χ0v) is 16.7. The fourth-order valence-electron chi connectivity index (χ4n) is 3.05. The summed E-state index contributed by atoms with van der Waals surface area (Å²) in [6.45, 7) is 10.0. The molecule has 2 rings (SSSR count). The number of nitrogens with one attached hydrogen (secondary N) is 1. The summed E-state index contributed by atoms with van der Waals surface area (Å²) in [6, 6.07) is 8.64. The largest absolute Gasteiger partial charge is 0.347 e. The average Bonchev–Trinajstić information content (AvgIpc) is 2.60. The molecule has 1 aliphatic rings. The molecule has 5 nitrogen and oxygen atoms in total. The molecule has 0 bridgehead atoms. The number of nitrogens with zero attached hydrogens (tertiary/aromatic N) is 2. The van der Waals surface area contributed by atoms with E-state index in [0.717, 1.165) is 39.0 Å². The molecule has 1 aliphatic heterocycles. The van der Waals surface area contributed by atoms with Gasteiger partial charge < -0.3 is 15.1 Å². The third-order valence-corrected chi connectivity index (χ3v) is 4.98. The van der Waals surface area contributed by atoms with Gasteiger partial charge >= 0.3 is 0 Å². The number of rotatable bonds is 6. The van der Waals surface area contributed by atoms with Crippen molar-refractivity contribution in [3.8, 4) is 0 Å². The van der Waals surface area contributed by atoms with Gasteiger partial charge in [-0.2, -0.15) is 0 Å². The fraction of sp³-hybridized carbons (Fsp3) is 0.619. The summed E-state index contributed by atoms with van der Waals surface area (Å²) >= 11 is 0. The molecular weight excluding hydrogens is 326 g/mol. The monoisotopic (exact) mass is 359 g/mol. The van der Waals surface area contributed by atoms with E-state index in [-0.39, 0.29) is 23.8 Å². The molecule has 0 aliphatic carbocycles. The van der Waals surface area contributed by atoms with E-state index in [2.05, 4.69) is 62.3 Å². The smallest absolute Gasteiger partial charge is 0.242 e. The fourth-order valence-corrected chi connectivity index (χ4v) is 3.05. The maximum atomic E-state index is 12.1. The standard InChI is InChI=1S/C21H33N3O2/c1-21(2,3)18-10-8-17(9-11-18)6-5-7-19(25)22-16-20(26)24-14-12-23(4)13-15-24/h8-11H,5-7,12-16H2,1-4H3,(H,22,25). The Bertz CT molecular complexity index is 597. The molecule has 0 aromatic heterocycles. The van der Waals surface area contributed by atoms with Crippen LogP contribution in [0.4, 0.5) is 0 Å². The summed E-state index contributed by atoms with van der Waals surface area (Å²) in [6.07, 6.45) is 2.13. The number of hydrogen-bond acceptors (Lipinski definition) is 3. The molecule has 1 aromatic carbocycles. The highest BCUT2D eigenvalue weighted by atomic mass is 16.2. The number of aryl methyl sites for hydroxylation is 1. The Balaban J connectivity index is 1.65. The molecule has 144 valence electrons. The first-order chi connectivity index (χ1) is 12.3. The Morgan fingerprint density at radius 1 is 1.04 bits per heavy atom. The maximum absolute atomic E-state index is 12.1. The Morgan fingerprint density at radius 2 is 1.65 bits per heavy atom. The van der Waals surface area contributed by atoms with Crippen LogP contribution in [0.3, 0.4) is 0 Å². The second-order valence-corrected chi connectivity index (χ2v) is 8.26. The highest BCUT2D eigenvalue weighted by Gasteiger charge is 2.19. The van der Waals surface area contributed by atoms with E-state index < -0.39 is 0 Å². The van der Waals surface area contributed by atoms with E-state index >= 15 is 0 Å². The molecule has 26 heavy (non-hydrogen) atoms. The van der Waals surface area contributed by atoms with Crippen LogP contribution in [0, 0.1) is 0 Å². The minimum absolute atomic E-state index is 0.0178.